The highest BCUT2D eigenvalue weighted by Gasteiger charge is 2.52. The van der Waals surface area contributed by atoms with Gasteiger partial charge in [0.15, 0.2) is 11.6 Å². The molecule has 9 aromatic rings. The third-order valence-corrected chi connectivity index (χ3v) is 35.7. The number of ketones is 2. The molecule has 0 fully saturated rings. The monoisotopic (exact) mass is 1770 g/mol. The zero-order chi connectivity index (χ0) is 87.8. The van der Waals surface area contributed by atoms with Crippen LogP contribution < -0.4 is 0 Å². The molecule has 0 amide bonds. The predicted octanol–water partition coefficient (Wildman–Crippen LogP) is 36.9. The fourth-order valence-corrected chi connectivity index (χ4v) is 28.4. The molecule has 0 spiro atoms. The topological polar surface area (TPSA) is 129 Å². The summed E-state index contributed by atoms with van der Waals surface area (Å²) in [5.74, 6) is 1.90. The van der Waals surface area contributed by atoms with E-state index >= 15 is 9.59 Å². The number of allylic oxidation sites excluding steroid dienone is 4. The van der Waals surface area contributed by atoms with Crippen LogP contribution in [0.15, 0.2) is 108 Å². The largest absolute Gasteiger partial charge is 0.293 e. The molecule has 2 aliphatic rings. The molecule has 0 saturated carbocycles. The lowest BCUT2D eigenvalue weighted by Crippen LogP contribution is -2.28. The van der Waals surface area contributed by atoms with E-state index in [1.807, 2.05) is 108 Å². The van der Waals surface area contributed by atoms with E-state index in [2.05, 4.69) is 128 Å². The number of hydrogen-bond donors (Lipinski definition) is 0. The number of hydrogen-bond acceptors (Lipinski definition) is 12. The minimum atomic E-state index is -1.27. The third kappa shape index (κ3) is 24.2. The van der Waals surface area contributed by atoms with Crippen molar-refractivity contribution in [3.05, 3.63) is 161 Å². The number of carbonyl (C=O) groups excluding carboxylic acids is 2. The zero-order valence-corrected chi connectivity index (χ0v) is 82.4. The van der Waals surface area contributed by atoms with E-state index in [1.54, 1.807) is 22.7 Å². The zero-order valence-electron chi connectivity index (χ0n) is 77.5. The first-order valence-electron chi connectivity index (χ1n) is 49.5. The van der Waals surface area contributed by atoms with E-state index in [0.29, 0.717) is 57.1 Å². The van der Waals surface area contributed by atoms with Gasteiger partial charge in [-0.25, -0.2) is 0 Å². The molecule has 11 rings (SSSR count). The molecule has 6 aromatic heterocycles. The number of carbonyl (C=O) groups is 2. The van der Waals surface area contributed by atoms with E-state index < -0.39 is 10.8 Å². The summed E-state index contributed by atoms with van der Waals surface area (Å²) in [5.41, 5.74) is 5.93. The Hall–Kier alpha value is -6.84. The molecule has 6 nitrogen and oxygen atoms in total. The molecule has 2 aliphatic carbocycles. The lowest BCUT2D eigenvalue weighted by Gasteiger charge is -2.23. The molecule has 0 saturated heterocycles. The second-order valence-corrected chi connectivity index (χ2v) is 43.8. The Bertz CT molecular complexity index is 4720. The van der Waals surface area contributed by atoms with Gasteiger partial charge in [0.25, 0.3) is 0 Å². The molecule has 0 N–H and O–H groups in total. The Kier molecular flexibility index (Phi) is 39.6. The summed E-state index contributed by atoms with van der Waals surface area (Å²) in [5, 5.41) is 46.0. The van der Waals surface area contributed by atoms with Crippen molar-refractivity contribution in [2.24, 2.45) is 23.7 Å². The molecule has 0 bridgehead atoms. The van der Waals surface area contributed by atoms with Gasteiger partial charge >= 0.3 is 0 Å². The smallest absolute Gasteiger partial charge is 0.179 e. The summed E-state index contributed by atoms with van der Waals surface area (Å²) < 4.78 is 2.53. The Labute approximate surface area is 772 Å². The SMILES string of the molecule is CCCCCCCCCCC(CCCCCCCCCC)Cc1ccc(-c2c3cc(-c4sc(C5(C)C(=O)c6ccccc6C5=C(C#N)C#N)cc4CC(CC)CCCC)sc3c(-c3ccc(CC(CCCCCCCCCC)CCCCCCCCCC)s3)c3cc(-c4sc(C5(C)C(=O)c6ccccc6C5=C(C#N)C#N)cc4CC(CC)CCCC)sc23)s1. The number of benzene rings is 3. The number of thiophene rings is 6. The number of nitriles is 4. The van der Waals surface area contributed by atoms with Gasteiger partial charge in [-0.3, -0.25) is 9.59 Å². The standard InChI is InChI=1S/C112H146N4O2S6/c1-11-19-25-29-33-37-41-45-55-81(56-46-42-38-34-30-26-20-12-2)69-87-63-65-95(119-87)101-93-73-97(105-83(67-79(17-7)53-23-15-5)71-99(123-105)111(9)103(85(75-113)76-114)89-59-49-51-61-91(89)109(111)117)122-108(93)102(96-66-64-88(120-96)70-82(57-47-43-39-35-31-27-21-13-3)58-48-44-40-36-32-28-22-14-4)94-74-98(121-107(94)101)106-84(68-80(18-8)54-24-16-6)72-100(124-106)112(10)104(86(77-115)78-116)90-60-50-52-62-92(90)110(112)118/h49-52,59-66,71-74,79-82H,11-48,53-58,67-70H2,1-10H3. The molecule has 12 heteroatoms. The first kappa shape index (κ1) is 97.8. The summed E-state index contributed by atoms with van der Waals surface area (Å²) in [6, 6.07) is 44.1. The van der Waals surface area contributed by atoms with Crippen LogP contribution in [0.25, 0.3) is 71.7 Å². The minimum absolute atomic E-state index is 0.0127. The van der Waals surface area contributed by atoms with Gasteiger partial charge in [-0.2, -0.15) is 21.0 Å². The first-order chi connectivity index (χ1) is 60.6. The van der Waals surface area contributed by atoms with Crippen molar-refractivity contribution in [2.75, 3.05) is 0 Å². The lowest BCUT2D eigenvalue weighted by atomic mass is 9.77. The second-order valence-electron chi connectivity index (χ2n) is 37.3. The highest BCUT2D eigenvalue weighted by molar-refractivity contribution is 7.29. The molecule has 662 valence electrons. The quantitative estimate of drug-likeness (QED) is 0.0276. The average molecular weight is 1770 g/mol. The van der Waals surface area contributed by atoms with Gasteiger partial charge in [-0.15, -0.1) is 68.0 Å². The molecular weight excluding hydrogens is 1630 g/mol. The van der Waals surface area contributed by atoms with Gasteiger partial charge in [-0.05, 0) is 134 Å². The Morgan fingerprint density at radius 3 is 0.903 bits per heavy atom. The third-order valence-electron chi connectivity index (χ3n) is 28.0. The highest BCUT2D eigenvalue weighted by Crippen LogP contribution is 2.60. The lowest BCUT2D eigenvalue weighted by molar-refractivity contribution is 0.0936. The fraction of sp³-hybridized carbons (Fsp3) is 0.571. The molecule has 4 unspecified atom stereocenters. The molecular formula is C112H146N4O2S6. The molecule has 0 aliphatic heterocycles. The maximum Gasteiger partial charge on any atom is 0.179 e. The van der Waals surface area contributed by atoms with Crippen molar-refractivity contribution in [2.45, 2.75) is 388 Å². The van der Waals surface area contributed by atoms with Crippen LogP contribution >= 0.6 is 68.0 Å². The van der Waals surface area contributed by atoms with Gasteiger partial charge in [0.05, 0.1) is 10.8 Å². The summed E-state index contributed by atoms with van der Waals surface area (Å²) in [6.45, 7) is 22.5. The van der Waals surface area contributed by atoms with Crippen LogP contribution in [0, 0.1) is 69.0 Å². The average Bonchev–Trinajstić information content (AvgIpc) is 1.55. The van der Waals surface area contributed by atoms with Crippen LogP contribution in [-0.2, 0) is 36.5 Å². The number of nitrogens with zero attached hydrogens (tertiary/aromatic N) is 4. The number of fused-ring (bicyclic) bond motifs is 4. The van der Waals surface area contributed by atoms with Crippen molar-refractivity contribution in [3.63, 3.8) is 0 Å². The van der Waals surface area contributed by atoms with E-state index in [-0.39, 0.29) is 22.7 Å². The number of rotatable bonds is 58. The summed E-state index contributed by atoms with van der Waals surface area (Å²) in [6.07, 6.45) is 60.0. The van der Waals surface area contributed by atoms with Crippen molar-refractivity contribution >= 4 is 111 Å². The Morgan fingerprint density at radius 1 is 0.315 bits per heavy atom. The van der Waals surface area contributed by atoms with Gasteiger partial charge in [0.2, 0.25) is 0 Å². The van der Waals surface area contributed by atoms with Crippen LogP contribution in [0.1, 0.15) is 414 Å². The van der Waals surface area contributed by atoms with Crippen molar-refractivity contribution in [1.29, 1.82) is 21.0 Å². The van der Waals surface area contributed by atoms with Crippen molar-refractivity contribution in [1.82, 2.24) is 0 Å². The number of Topliss-reactive ketones (excluding diaryl/α,β-unsaturated/α-hetero) is 2. The van der Waals surface area contributed by atoms with Crippen LogP contribution in [0.2, 0.25) is 0 Å². The van der Waals surface area contributed by atoms with Crippen LogP contribution in [0.5, 0.6) is 0 Å². The molecule has 3 aromatic carbocycles. The number of unbranched alkanes of at least 4 members (excludes halogenated alkanes) is 30. The van der Waals surface area contributed by atoms with Gasteiger partial charge in [-0.1, -0.05) is 386 Å². The van der Waals surface area contributed by atoms with Crippen LogP contribution in [-0.4, -0.2) is 11.6 Å². The molecule has 0 radical (unpaired) electrons. The normalized spacial score (nSPS) is 15.5. The predicted molar refractivity (Wildman–Crippen MR) is 540 cm³/mol. The van der Waals surface area contributed by atoms with Gasteiger partial charge in [0.1, 0.15) is 35.4 Å². The molecule has 124 heavy (non-hydrogen) atoms. The van der Waals surface area contributed by atoms with Crippen molar-refractivity contribution in [3.8, 4) is 64.7 Å². The second kappa shape index (κ2) is 50.2. The van der Waals surface area contributed by atoms with Gasteiger partial charge in [0, 0.05) is 102 Å². The van der Waals surface area contributed by atoms with E-state index in [1.165, 1.54) is 313 Å². The van der Waals surface area contributed by atoms with E-state index in [0.717, 1.165) is 86.8 Å². The molecule has 4 atom stereocenters. The maximum atomic E-state index is 15.6. The Balaban J connectivity index is 1.15. The van der Waals surface area contributed by atoms with Crippen LogP contribution in [0.4, 0.5) is 0 Å². The Morgan fingerprint density at radius 2 is 0.605 bits per heavy atom. The summed E-state index contributed by atoms with van der Waals surface area (Å²) in [7, 11) is 0. The van der Waals surface area contributed by atoms with Crippen molar-refractivity contribution < 1.29 is 9.59 Å². The van der Waals surface area contributed by atoms with E-state index in [9.17, 15) is 21.0 Å². The maximum absolute atomic E-state index is 15.6. The van der Waals surface area contributed by atoms with Gasteiger partial charge < -0.3 is 0 Å². The summed E-state index contributed by atoms with van der Waals surface area (Å²) >= 11 is 11.3. The first-order valence-corrected chi connectivity index (χ1v) is 54.4. The summed E-state index contributed by atoms with van der Waals surface area (Å²) in [4.78, 5) is 43.1. The minimum Gasteiger partial charge on any atom is -0.293 e. The van der Waals surface area contributed by atoms with E-state index in [4.69, 9.17) is 0 Å². The van der Waals surface area contributed by atoms with Crippen LogP contribution in [0.3, 0.4) is 0 Å². The molecule has 6 heterocycles. The fourth-order valence-electron chi connectivity index (χ4n) is 20.5. The highest BCUT2D eigenvalue weighted by atomic mass is 32.1.